The molecule has 1 aromatic heterocycles. The maximum Gasteiger partial charge on any atom is 0.307 e. The lowest BCUT2D eigenvalue weighted by Crippen LogP contribution is -2.09. The standard InChI is InChI=1S/C10H9N5O2S/c11-14-7-3-1-4-8(9(7)15(16)17)18-10-12-5-2-6-13-10/h1-6,14H,11H2. The van der Waals surface area contributed by atoms with Gasteiger partial charge in [-0.15, -0.1) is 0 Å². The Balaban J connectivity index is 2.42. The van der Waals surface area contributed by atoms with Crippen LogP contribution in [0.2, 0.25) is 0 Å². The summed E-state index contributed by atoms with van der Waals surface area (Å²) in [5, 5.41) is 11.5. The molecular weight excluding hydrogens is 254 g/mol. The highest BCUT2D eigenvalue weighted by atomic mass is 32.2. The number of nitro benzene ring substituents is 1. The lowest BCUT2D eigenvalue weighted by molar-refractivity contribution is -0.386. The summed E-state index contributed by atoms with van der Waals surface area (Å²) in [6.07, 6.45) is 3.15. The molecule has 0 radical (unpaired) electrons. The van der Waals surface area contributed by atoms with Gasteiger partial charge < -0.3 is 5.43 Å². The van der Waals surface area contributed by atoms with Gasteiger partial charge in [0.05, 0.1) is 9.82 Å². The van der Waals surface area contributed by atoms with Crippen LogP contribution in [-0.4, -0.2) is 14.9 Å². The molecule has 92 valence electrons. The van der Waals surface area contributed by atoms with Crippen molar-refractivity contribution in [1.29, 1.82) is 0 Å². The predicted octanol–water partition coefficient (Wildman–Crippen LogP) is 1.82. The Morgan fingerprint density at radius 2 is 2.00 bits per heavy atom. The van der Waals surface area contributed by atoms with Crippen LogP contribution in [-0.2, 0) is 0 Å². The number of nitrogens with zero attached hydrogens (tertiary/aromatic N) is 3. The third-order valence-corrected chi connectivity index (χ3v) is 3.02. The minimum Gasteiger partial charge on any atom is -0.318 e. The highest BCUT2D eigenvalue weighted by molar-refractivity contribution is 7.99. The summed E-state index contributed by atoms with van der Waals surface area (Å²) in [5.41, 5.74) is 2.47. The number of nitrogen functional groups attached to an aromatic ring is 1. The Hall–Kier alpha value is -2.19. The summed E-state index contributed by atoms with van der Waals surface area (Å²) in [5.74, 6) is 5.26. The van der Waals surface area contributed by atoms with Crippen molar-refractivity contribution in [3.05, 3.63) is 46.8 Å². The molecule has 8 heteroatoms. The van der Waals surface area contributed by atoms with E-state index in [0.717, 1.165) is 11.8 Å². The van der Waals surface area contributed by atoms with Crippen molar-refractivity contribution in [2.75, 3.05) is 5.43 Å². The van der Waals surface area contributed by atoms with Crippen molar-refractivity contribution >= 4 is 23.1 Å². The Morgan fingerprint density at radius 3 is 2.61 bits per heavy atom. The molecule has 0 aliphatic carbocycles. The van der Waals surface area contributed by atoms with Crippen molar-refractivity contribution in [1.82, 2.24) is 9.97 Å². The summed E-state index contributed by atoms with van der Waals surface area (Å²) in [6.45, 7) is 0. The van der Waals surface area contributed by atoms with E-state index in [1.54, 1.807) is 30.6 Å². The minimum atomic E-state index is -0.486. The highest BCUT2D eigenvalue weighted by Crippen LogP contribution is 2.37. The van der Waals surface area contributed by atoms with Crippen LogP contribution in [0.15, 0.2) is 46.7 Å². The average Bonchev–Trinajstić information content (AvgIpc) is 2.39. The molecule has 7 nitrogen and oxygen atoms in total. The third-order valence-electron chi connectivity index (χ3n) is 2.08. The van der Waals surface area contributed by atoms with E-state index in [-0.39, 0.29) is 11.4 Å². The first-order valence-corrected chi connectivity index (χ1v) is 5.73. The number of nitrogens with two attached hydrogens (primary N) is 1. The summed E-state index contributed by atoms with van der Waals surface area (Å²) < 4.78 is 0. The molecule has 0 amide bonds. The van der Waals surface area contributed by atoms with Gasteiger partial charge in [0, 0.05) is 12.4 Å². The van der Waals surface area contributed by atoms with Gasteiger partial charge in [0.2, 0.25) is 0 Å². The van der Waals surface area contributed by atoms with Gasteiger partial charge in [-0.25, -0.2) is 9.97 Å². The van der Waals surface area contributed by atoms with Crippen LogP contribution in [0.5, 0.6) is 0 Å². The number of aromatic nitrogens is 2. The Morgan fingerprint density at radius 1 is 1.28 bits per heavy atom. The summed E-state index contributed by atoms with van der Waals surface area (Å²) in [4.78, 5) is 19.0. The summed E-state index contributed by atoms with van der Waals surface area (Å²) in [7, 11) is 0. The van der Waals surface area contributed by atoms with Gasteiger partial charge in [-0.2, -0.15) is 0 Å². The van der Waals surface area contributed by atoms with E-state index in [2.05, 4.69) is 15.4 Å². The lowest BCUT2D eigenvalue weighted by atomic mass is 10.3. The number of anilines is 1. The molecule has 2 rings (SSSR count). The highest BCUT2D eigenvalue weighted by Gasteiger charge is 2.20. The zero-order chi connectivity index (χ0) is 13.0. The fourth-order valence-electron chi connectivity index (χ4n) is 1.35. The lowest BCUT2D eigenvalue weighted by Gasteiger charge is -2.05. The summed E-state index contributed by atoms with van der Waals surface area (Å²) >= 11 is 1.11. The number of nitrogens with one attached hydrogen (secondary N) is 1. The average molecular weight is 263 g/mol. The van der Waals surface area contributed by atoms with Crippen LogP contribution < -0.4 is 11.3 Å². The Labute approximate surface area is 107 Å². The second-order valence-corrected chi connectivity index (χ2v) is 4.20. The Kier molecular flexibility index (Phi) is 3.70. The van der Waals surface area contributed by atoms with E-state index in [4.69, 9.17) is 5.84 Å². The molecule has 2 aromatic rings. The molecular formula is C10H9N5O2S. The second-order valence-electron chi connectivity index (χ2n) is 3.19. The molecule has 0 unspecified atom stereocenters. The van der Waals surface area contributed by atoms with Crippen molar-refractivity contribution < 1.29 is 4.92 Å². The van der Waals surface area contributed by atoms with Crippen molar-refractivity contribution in [2.24, 2.45) is 5.84 Å². The third kappa shape index (κ3) is 2.55. The van der Waals surface area contributed by atoms with E-state index in [1.807, 2.05) is 0 Å². The van der Waals surface area contributed by atoms with E-state index in [0.29, 0.717) is 10.1 Å². The minimum absolute atomic E-state index is 0.0857. The van der Waals surface area contributed by atoms with Gasteiger partial charge >= 0.3 is 5.69 Å². The number of nitro groups is 1. The SMILES string of the molecule is NNc1cccc(Sc2ncccn2)c1[N+](=O)[O-]. The van der Waals surface area contributed by atoms with E-state index in [1.165, 1.54) is 6.07 Å². The van der Waals surface area contributed by atoms with Gasteiger partial charge in [0.1, 0.15) is 5.69 Å². The van der Waals surface area contributed by atoms with Gasteiger partial charge in [-0.05, 0) is 30.0 Å². The van der Waals surface area contributed by atoms with Crippen molar-refractivity contribution in [3.8, 4) is 0 Å². The number of para-hydroxylation sites is 1. The van der Waals surface area contributed by atoms with E-state index in [9.17, 15) is 10.1 Å². The van der Waals surface area contributed by atoms with Crippen LogP contribution in [0.3, 0.4) is 0 Å². The van der Waals surface area contributed by atoms with Crippen molar-refractivity contribution in [2.45, 2.75) is 10.1 Å². The first-order valence-electron chi connectivity index (χ1n) is 4.91. The number of hydrazine groups is 1. The predicted molar refractivity (Wildman–Crippen MR) is 67.1 cm³/mol. The van der Waals surface area contributed by atoms with Crippen LogP contribution in [0, 0.1) is 10.1 Å². The smallest absolute Gasteiger partial charge is 0.307 e. The zero-order valence-electron chi connectivity index (χ0n) is 9.11. The molecule has 0 fully saturated rings. The van der Waals surface area contributed by atoms with Crippen LogP contribution in [0.25, 0.3) is 0 Å². The molecule has 3 N–H and O–H groups in total. The van der Waals surface area contributed by atoms with Crippen LogP contribution in [0.1, 0.15) is 0 Å². The van der Waals surface area contributed by atoms with Gasteiger partial charge in [0.25, 0.3) is 0 Å². The number of benzene rings is 1. The number of hydrogen-bond acceptors (Lipinski definition) is 7. The molecule has 1 heterocycles. The molecule has 0 saturated carbocycles. The quantitative estimate of drug-likeness (QED) is 0.375. The van der Waals surface area contributed by atoms with Gasteiger partial charge in [0.15, 0.2) is 5.16 Å². The monoisotopic (exact) mass is 263 g/mol. The molecule has 0 aliphatic rings. The number of hydrogen-bond donors (Lipinski definition) is 2. The molecule has 0 saturated heterocycles. The normalized spacial score (nSPS) is 10.1. The molecule has 18 heavy (non-hydrogen) atoms. The maximum absolute atomic E-state index is 11.0. The fourth-order valence-corrected chi connectivity index (χ4v) is 2.20. The molecule has 0 spiro atoms. The van der Waals surface area contributed by atoms with Gasteiger partial charge in [-0.1, -0.05) is 6.07 Å². The Bertz CT molecular complexity index is 563. The molecule has 0 bridgehead atoms. The molecule has 0 atom stereocenters. The van der Waals surface area contributed by atoms with E-state index >= 15 is 0 Å². The maximum atomic E-state index is 11.0. The fraction of sp³-hybridized carbons (Fsp3) is 0. The zero-order valence-corrected chi connectivity index (χ0v) is 9.92. The van der Waals surface area contributed by atoms with E-state index < -0.39 is 4.92 Å². The summed E-state index contributed by atoms with van der Waals surface area (Å²) in [6, 6.07) is 6.51. The largest absolute Gasteiger partial charge is 0.318 e. The first kappa shape index (κ1) is 12.3. The first-order chi connectivity index (χ1) is 8.72. The number of rotatable bonds is 4. The van der Waals surface area contributed by atoms with Crippen LogP contribution >= 0.6 is 11.8 Å². The van der Waals surface area contributed by atoms with Crippen LogP contribution in [0.4, 0.5) is 11.4 Å². The molecule has 1 aromatic carbocycles. The van der Waals surface area contributed by atoms with Crippen molar-refractivity contribution in [3.63, 3.8) is 0 Å². The topological polar surface area (TPSA) is 107 Å². The second kappa shape index (κ2) is 5.43. The van der Waals surface area contributed by atoms with Gasteiger partial charge in [-0.3, -0.25) is 16.0 Å². The molecule has 0 aliphatic heterocycles.